The van der Waals surface area contributed by atoms with E-state index in [1.165, 1.54) is 22.9 Å². The van der Waals surface area contributed by atoms with Crippen LogP contribution in [0.1, 0.15) is 57.2 Å². The number of fused-ring (bicyclic) bond motifs is 7. The Balaban J connectivity index is 1.05. The smallest absolute Gasteiger partial charge is 0.175 e. The Labute approximate surface area is 261 Å². The van der Waals surface area contributed by atoms with Gasteiger partial charge >= 0.3 is 0 Å². The van der Waals surface area contributed by atoms with Gasteiger partial charge in [0.2, 0.25) is 0 Å². The van der Waals surface area contributed by atoms with Gasteiger partial charge in [-0.1, -0.05) is 49.4 Å². The van der Waals surface area contributed by atoms with E-state index in [1.807, 2.05) is 65.0 Å². The minimum atomic E-state index is -1.46. The molecule has 3 fully saturated rings. The third-order valence-electron chi connectivity index (χ3n) is 12.0. The van der Waals surface area contributed by atoms with Gasteiger partial charge in [-0.3, -0.25) is 4.79 Å². The summed E-state index contributed by atoms with van der Waals surface area (Å²) in [4.78, 5) is 23.2. The summed E-state index contributed by atoms with van der Waals surface area (Å²) in [6.07, 6.45) is 9.85. The summed E-state index contributed by atoms with van der Waals surface area (Å²) in [5.74, 6) is 1.32. The molecule has 7 atom stereocenters. The molecule has 0 bridgehead atoms. The lowest BCUT2D eigenvalue weighted by molar-refractivity contribution is -0.177. The number of pyridine rings is 1. The fourth-order valence-electron chi connectivity index (χ4n) is 9.81. The van der Waals surface area contributed by atoms with Gasteiger partial charge in [-0.15, -0.1) is 0 Å². The van der Waals surface area contributed by atoms with E-state index in [1.54, 1.807) is 6.20 Å². The minimum absolute atomic E-state index is 0.0683. The summed E-state index contributed by atoms with van der Waals surface area (Å²) in [5.41, 5.74) is 3.24. The molecule has 1 aromatic carbocycles. The number of hydrogen-bond acceptors (Lipinski definition) is 7. The molecule has 0 amide bonds. The number of hydrogen-bond donors (Lipinski definition) is 2. The number of carbonyl (C=O) groups excluding carboxylic acids is 1. The number of aliphatic hydroxyl groups is 2. The third kappa shape index (κ3) is 3.85. The summed E-state index contributed by atoms with van der Waals surface area (Å²) in [6, 6.07) is 13.8. The summed E-state index contributed by atoms with van der Waals surface area (Å²) < 4.78 is 3.94. The summed E-state index contributed by atoms with van der Waals surface area (Å²) >= 11 is 1.40. The van der Waals surface area contributed by atoms with Crippen LogP contribution >= 0.6 is 11.8 Å². The molecule has 3 aromatic heterocycles. The number of nitrogens with zero attached hydrogens (tertiary/aromatic N) is 5. The number of aliphatic hydroxyl groups excluding tert-OH is 1. The number of aryl methyl sites for hydroxylation is 1. The topological polar surface area (TPSA) is 106 Å². The Kier molecular flexibility index (Phi) is 6.33. The quantitative estimate of drug-likeness (QED) is 0.292. The van der Waals surface area contributed by atoms with Gasteiger partial charge < -0.3 is 14.8 Å². The van der Waals surface area contributed by atoms with Crippen LogP contribution in [0.3, 0.4) is 0 Å². The lowest BCUT2D eigenvalue weighted by atomic mass is 9.45. The normalized spacial score (nSPS) is 34.2. The molecule has 0 aliphatic heterocycles. The van der Waals surface area contributed by atoms with Gasteiger partial charge in [0.15, 0.2) is 16.8 Å². The van der Waals surface area contributed by atoms with Gasteiger partial charge in [-0.25, -0.2) is 14.6 Å². The average Bonchev–Trinajstić information content (AvgIpc) is 3.66. The minimum Gasteiger partial charge on any atom is -0.393 e. The molecule has 0 saturated heterocycles. The molecule has 8 nitrogen and oxygen atoms in total. The van der Waals surface area contributed by atoms with Crippen molar-refractivity contribution in [2.45, 2.75) is 69.2 Å². The molecule has 4 aromatic rings. The summed E-state index contributed by atoms with van der Waals surface area (Å²) in [7, 11) is 1.96. The van der Waals surface area contributed by atoms with E-state index >= 15 is 0 Å². The van der Waals surface area contributed by atoms with Crippen molar-refractivity contribution in [2.24, 2.45) is 35.6 Å². The van der Waals surface area contributed by atoms with E-state index < -0.39 is 17.1 Å². The second-order valence-electron chi connectivity index (χ2n) is 14.0. The number of rotatable bonds is 5. The van der Waals surface area contributed by atoms with E-state index in [-0.39, 0.29) is 34.7 Å². The molecule has 0 spiro atoms. The Morgan fingerprint density at radius 1 is 1.14 bits per heavy atom. The van der Waals surface area contributed by atoms with Crippen molar-refractivity contribution < 1.29 is 15.0 Å². The van der Waals surface area contributed by atoms with Crippen LogP contribution < -0.4 is 0 Å². The van der Waals surface area contributed by atoms with Gasteiger partial charge in [0, 0.05) is 18.7 Å². The van der Waals surface area contributed by atoms with E-state index in [0.717, 1.165) is 53.4 Å². The Bertz CT molecular complexity index is 1820. The number of ketones is 1. The van der Waals surface area contributed by atoms with Crippen molar-refractivity contribution in [1.82, 2.24) is 24.3 Å². The van der Waals surface area contributed by atoms with Crippen molar-refractivity contribution >= 4 is 34.7 Å². The number of thioether (sulfide) groups is 1. The standard InChI is InChI=1S/C35H39N5O3S/c1-33-17-21-19-37-40(30-10-6-7-15-36-30)27(21)16-22(33)11-12-23-24-13-14-35(43,34(24,2)18-28(41)31(23)33)29(42)20-44-32-38-25-8-4-5-9-26(25)39(32)3/h4-10,15-16,19,23-24,28,31,41,43H,11-14,17-18,20H2,1-3H3/t23?,24?,28-,31?,33?,34?,35-/m0/s1. The zero-order valence-corrected chi connectivity index (χ0v) is 26.3. The first-order valence-corrected chi connectivity index (χ1v) is 16.8. The molecule has 44 heavy (non-hydrogen) atoms. The molecule has 4 aliphatic rings. The molecule has 4 aliphatic carbocycles. The van der Waals surface area contributed by atoms with Crippen LogP contribution in [0.4, 0.5) is 0 Å². The van der Waals surface area contributed by atoms with Crippen LogP contribution in [0, 0.1) is 28.6 Å². The van der Waals surface area contributed by atoms with E-state index in [4.69, 9.17) is 10.1 Å². The van der Waals surface area contributed by atoms with Crippen LogP contribution in [0.2, 0.25) is 0 Å². The fraction of sp³-hybridized carbons (Fsp3) is 0.486. The summed E-state index contributed by atoms with van der Waals surface area (Å²) in [5, 5.41) is 29.7. The number of carbonyl (C=O) groups is 1. The molecule has 5 unspecified atom stereocenters. The molecule has 3 heterocycles. The van der Waals surface area contributed by atoms with Crippen molar-refractivity contribution in [1.29, 1.82) is 0 Å². The average molecular weight is 610 g/mol. The number of imidazole rings is 1. The van der Waals surface area contributed by atoms with Crippen molar-refractivity contribution in [3.05, 3.63) is 71.7 Å². The SMILES string of the molecule is Cn1c(SCC(=O)[C@@]2(O)CCC3C4CCC5=Cc6c(cnn6-c6ccccn6)CC5(C)C4[C@@H](O)CC32C)nc2ccccc21. The number of para-hydroxylation sites is 2. The molecule has 3 saturated carbocycles. The number of aromatic nitrogens is 5. The van der Waals surface area contributed by atoms with Gasteiger partial charge in [0.1, 0.15) is 5.60 Å². The van der Waals surface area contributed by atoms with Crippen LogP contribution in [0.15, 0.2) is 65.6 Å². The molecule has 228 valence electrons. The van der Waals surface area contributed by atoms with Crippen molar-refractivity contribution in [2.75, 3.05) is 5.75 Å². The number of Topliss-reactive ketones (excluding diaryl/α,β-unsaturated/α-hetero) is 1. The Morgan fingerprint density at radius 3 is 2.75 bits per heavy atom. The molecule has 8 rings (SSSR count). The van der Waals surface area contributed by atoms with Gasteiger partial charge in [0.05, 0.1) is 34.8 Å². The van der Waals surface area contributed by atoms with Crippen LogP contribution in [-0.4, -0.2) is 57.8 Å². The van der Waals surface area contributed by atoms with Gasteiger partial charge in [-0.2, -0.15) is 5.10 Å². The zero-order chi connectivity index (χ0) is 30.4. The maximum Gasteiger partial charge on any atom is 0.175 e. The lowest BCUT2D eigenvalue weighted by Gasteiger charge is -2.60. The van der Waals surface area contributed by atoms with Gasteiger partial charge in [0.25, 0.3) is 0 Å². The monoisotopic (exact) mass is 609 g/mol. The van der Waals surface area contributed by atoms with E-state index in [2.05, 4.69) is 24.9 Å². The Hall–Kier alpha value is -3.27. The highest BCUT2D eigenvalue weighted by Crippen LogP contribution is 2.67. The third-order valence-corrected chi connectivity index (χ3v) is 13.0. The first kappa shape index (κ1) is 28.2. The lowest BCUT2D eigenvalue weighted by Crippen LogP contribution is -2.62. The van der Waals surface area contributed by atoms with Crippen LogP contribution in [-0.2, 0) is 18.3 Å². The maximum absolute atomic E-state index is 13.9. The largest absolute Gasteiger partial charge is 0.393 e. The number of benzene rings is 1. The highest BCUT2D eigenvalue weighted by Gasteiger charge is 2.68. The molecule has 9 heteroatoms. The van der Waals surface area contributed by atoms with Crippen molar-refractivity contribution in [3.63, 3.8) is 0 Å². The van der Waals surface area contributed by atoms with Gasteiger partial charge in [-0.05, 0) is 97.6 Å². The molecular weight excluding hydrogens is 570 g/mol. The van der Waals surface area contributed by atoms with Crippen molar-refractivity contribution in [3.8, 4) is 5.82 Å². The van der Waals surface area contributed by atoms with Crippen LogP contribution in [0.25, 0.3) is 22.9 Å². The zero-order valence-electron chi connectivity index (χ0n) is 25.5. The second-order valence-corrected chi connectivity index (χ2v) is 14.9. The number of allylic oxidation sites excluding steroid dienone is 1. The highest BCUT2D eigenvalue weighted by molar-refractivity contribution is 7.99. The fourth-order valence-corrected chi connectivity index (χ4v) is 10.8. The maximum atomic E-state index is 13.9. The highest BCUT2D eigenvalue weighted by atomic mass is 32.2. The second kappa shape index (κ2) is 9.86. The summed E-state index contributed by atoms with van der Waals surface area (Å²) in [6.45, 7) is 4.40. The first-order chi connectivity index (χ1) is 21.1. The van der Waals surface area contributed by atoms with Crippen LogP contribution in [0.5, 0.6) is 0 Å². The molecule has 0 radical (unpaired) electrons. The van der Waals surface area contributed by atoms with E-state index in [0.29, 0.717) is 12.8 Å². The predicted octanol–water partition coefficient (Wildman–Crippen LogP) is 5.40. The Morgan fingerprint density at radius 2 is 1.95 bits per heavy atom. The predicted molar refractivity (Wildman–Crippen MR) is 170 cm³/mol. The molecular formula is C35H39N5O3S. The first-order valence-electron chi connectivity index (χ1n) is 15.8. The molecule has 2 N–H and O–H groups in total. The van der Waals surface area contributed by atoms with E-state index in [9.17, 15) is 15.0 Å².